The highest BCUT2D eigenvalue weighted by atomic mass is 79.9. The Morgan fingerprint density at radius 3 is 2.38 bits per heavy atom. The minimum atomic E-state index is -3.93. The molecule has 2 N–H and O–H groups in total. The molecule has 1 atom stereocenters. The van der Waals surface area contributed by atoms with E-state index in [1.165, 1.54) is 0 Å². The quantitative estimate of drug-likeness (QED) is 0.761. The number of hydrogen-bond donors (Lipinski definition) is 2. The Morgan fingerprint density at radius 2 is 1.79 bits per heavy atom. The lowest BCUT2D eigenvalue weighted by Gasteiger charge is -2.17. The van der Waals surface area contributed by atoms with Crippen molar-refractivity contribution >= 4 is 37.5 Å². The van der Waals surface area contributed by atoms with Crippen LogP contribution in [-0.4, -0.2) is 20.4 Å². The van der Waals surface area contributed by atoms with Crippen molar-refractivity contribution in [1.82, 2.24) is 4.72 Å². The zero-order chi connectivity index (χ0) is 17.7. The van der Waals surface area contributed by atoms with Gasteiger partial charge >= 0.3 is 0 Å². The predicted octanol–water partition coefficient (Wildman–Crippen LogP) is 3.28. The van der Waals surface area contributed by atoms with Crippen molar-refractivity contribution in [2.45, 2.75) is 24.3 Å². The molecule has 24 heavy (non-hydrogen) atoms. The van der Waals surface area contributed by atoms with Crippen LogP contribution in [0.3, 0.4) is 0 Å². The molecule has 8 heteroatoms. The predicted molar refractivity (Wildman–Crippen MR) is 93.6 cm³/mol. The van der Waals surface area contributed by atoms with Crippen LogP contribution in [-0.2, 0) is 14.8 Å². The third-order valence-corrected chi connectivity index (χ3v) is 5.46. The highest BCUT2D eigenvalue weighted by molar-refractivity contribution is 9.10. The Balaban J connectivity index is 2.15. The van der Waals surface area contributed by atoms with Crippen molar-refractivity contribution in [1.29, 1.82) is 0 Å². The lowest BCUT2D eigenvalue weighted by Crippen LogP contribution is -2.43. The number of carbonyl (C=O) groups excluding carboxylic acids is 1. The van der Waals surface area contributed by atoms with Crippen LogP contribution < -0.4 is 10.0 Å². The first-order valence-electron chi connectivity index (χ1n) is 7.17. The zero-order valence-corrected chi connectivity index (χ0v) is 15.2. The number of halogens is 2. The normalized spacial score (nSPS) is 12.6. The molecule has 2 aromatic carbocycles. The molecule has 0 radical (unpaired) electrons. The minimum Gasteiger partial charge on any atom is -0.324 e. The van der Waals surface area contributed by atoms with Crippen LogP contribution >= 0.6 is 15.9 Å². The number of rotatable bonds is 6. The second-order valence-corrected chi connectivity index (χ2v) is 7.57. The van der Waals surface area contributed by atoms with E-state index in [0.29, 0.717) is 10.2 Å². The number of nitrogens with one attached hydrogen (secondary N) is 2. The van der Waals surface area contributed by atoms with Crippen molar-refractivity contribution in [2.75, 3.05) is 5.32 Å². The Bertz CT molecular complexity index is 825. The number of sulfonamides is 1. The molecule has 0 fully saturated rings. The second-order valence-electron chi connectivity index (χ2n) is 5.01. The first-order valence-corrected chi connectivity index (χ1v) is 9.44. The van der Waals surface area contributed by atoms with Gasteiger partial charge < -0.3 is 5.32 Å². The van der Waals surface area contributed by atoms with E-state index in [4.69, 9.17) is 0 Å². The van der Waals surface area contributed by atoms with Crippen LogP contribution in [0, 0.1) is 5.82 Å². The van der Waals surface area contributed by atoms with Crippen molar-refractivity contribution in [3.05, 3.63) is 58.8 Å². The average Bonchev–Trinajstić information content (AvgIpc) is 2.55. The summed E-state index contributed by atoms with van der Waals surface area (Å²) in [6, 6.07) is 10.5. The molecule has 2 rings (SSSR count). The number of anilines is 1. The lowest BCUT2D eigenvalue weighted by molar-refractivity contribution is -0.117. The van der Waals surface area contributed by atoms with Gasteiger partial charge in [-0.2, -0.15) is 4.72 Å². The lowest BCUT2D eigenvalue weighted by atomic mass is 10.2. The van der Waals surface area contributed by atoms with Gasteiger partial charge in [0.05, 0.1) is 10.6 Å². The zero-order valence-electron chi connectivity index (χ0n) is 12.8. The molecular formula is C16H16BrFN2O3S. The fraction of sp³-hybridized carbons (Fsp3) is 0.188. The molecular weight excluding hydrogens is 399 g/mol. The smallest absolute Gasteiger partial charge is 0.242 e. The molecule has 0 aliphatic heterocycles. The summed E-state index contributed by atoms with van der Waals surface area (Å²) in [5.74, 6) is -1.01. The van der Waals surface area contributed by atoms with E-state index in [1.807, 2.05) is 0 Å². The van der Waals surface area contributed by atoms with Gasteiger partial charge in [0.15, 0.2) is 0 Å². The van der Waals surface area contributed by atoms with Crippen LogP contribution in [0.4, 0.5) is 10.1 Å². The van der Waals surface area contributed by atoms with E-state index in [1.54, 1.807) is 31.2 Å². The highest BCUT2D eigenvalue weighted by Gasteiger charge is 2.24. The van der Waals surface area contributed by atoms with E-state index >= 15 is 0 Å². The molecule has 1 unspecified atom stereocenters. The van der Waals surface area contributed by atoms with Gasteiger partial charge in [-0.05, 0) is 58.7 Å². The van der Waals surface area contributed by atoms with Gasteiger partial charge in [0.1, 0.15) is 11.9 Å². The van der Waals surface area contributed by atoms with Gasteiger partial charge in [-0.25, -0.2) is 12.8 Å². The van der Waals surface area contributed by atoms with Crippen molar-refractivity contribution < 1.29 is 17.6 Å². The first-order chi connectivity index (χ1) is 11.3. The molecule has 2 aromatic rings. The van der Waals surface area contributed by atoms with E-state index in [0.717, 1.165) is 24.3 Å². The fourth-order valence-electron chi connectivity index (χ4n) is 1.97. The number of amides is 1. The van der Waals surface area contributed by atoms with E-state index in [2.05, 4.69) is 26.0 Å². The molecule has 5 nitrogen and oxygen atoms in total. The maximum Gasteiger partial charge on any atom is 0.242 e. The number of hydrogen-bond acceptors (Lipinski definition) is 3. The standard InChI is InChI=1S/C16H16BrFN2O3S/c1-2-14(16(21)19-15-6-4-3-5-13(15)17)20-24(22,23)12-9-7-11(18)8-10-12/h3-10,14,20H,2H2,1H3,(H,19,21). The van der Waals surface area contributed by atoms with Crippen LogP contribution in [0.25, 0.3) is 0 Å². The maximum atomic E-state index is 12.9. The highest BCUT2D eigenvalue weighted by Crippen LogP contribution is 2.21. The molecule has 0 heterocycles. The fourth-order valence-corrected chi connectivity index (χ4v) is 3.64. The SMILES string of the molecule is CCC(NS(=O)(=O)c1ccc(F)cc1)C(=O)Nc1ccccc1Br. The molecule has 128 valence electrons. The second kappa shape index (κ2) is 7.87. The Hall–Kier alpha value is -1.77. The Kier molecular flexibility index (Phi) is 6.09. The van der Waals surface area contributed by atoms with E-state index < -0.39 is 27.8 Å². The Morgan fingerprint density at radius 1 is 1.17 bits per heavy atom. The van der Waals surface area contributed by atoms with Gasteiger partial charge in [0.2, 0.25) is 15.9 Å². The van der Waals surface area contributed by atoms with Crippen LogP contribution in [0.15, 0.2) is 57.9 Å². The van der Waals surface area contributed by atoms with Crippen LogP contribution in [0.1, 0.15) is 13.3 Å². The van der Waals surface area contributed by atoms with E-state index in [9.17, 15) is 17.6 Å². The first kappa shape index (κ1) is 18.6. The topological polar surface area (TPSA) is 75.3 Å². The molecule has 0 bridgehead atoms. The third-order valence-electron chi connectivity index (χ3n) is 3.28. The molecule has 1 amide bonds. The maximum absolute atomic E-state index is 12.9. The van der Waals surface area contributed by atoms with Crippen molar-refractivity contribution in [2.24, 2.45) is 0 Å². The summed E-state index contributed by atoms with van der Waals surface area (Å²) >= 11 is 3.31. The largest absolute Gasteiger partial charge is 0.324 e. The van der Waals surface area contributed by atoms with Crippen molar-refractivity contribution in [3.63, 3.8) is 0 Å². The molecule has 0 spiro atoms. The summed E-state index contributed by atoms with van der Waals surface area (Å²) in [6.07, 6.45) is 0.261. The summed E-state index contributed by atoms with van der Waals surface area (Å²) in [7, 11) is -3.93. The van der Waals surface area contributed by atoms with Gasteiger partial charge in [0, 0.05) is 4.47 Å². The molecule has 0 aliphatic carbocycles. The average molecular weight is 415 g/mol. The number of benzene rings is 2. The summed E-state index contributed by atoms with van der Waals surface area (Å²) < 4.78 is 40.6. The van der Waals surface area contributed by atoms with Gasteiger partial charge in [0.25, 0.3) is 0 Å². The van der Waals surface area contributed by atoms with Crippen molar-refractivity contribution in [3.8, 4) is 0 Å². The summed E-state index contributed by atoms with van der Waals surface area (Å²) in [6.45, 7) is 1.69. The number of carbonyl (C=O) groups is 1. The summed E-state index contributed by atoms with van der Waals surface area (Å²) in [4.78, 5) is 12.2. The molecule has 0 saturated carbocycles. The summed E-state index contributed by atoms with van der Waals surface area (Å²) in [5.41, 5.74) is 0.543. The molecule has 0 aromatic heterocycles. The van der Waals surface area contributed by atoms with Crippen LogP contribution in [0.5, 0.6) is 0 Å². The Labute approximate surface area is 148 Å². The molecule has 0 aliphatic rings. The van der Waals surface area contributed by atoms with Gasteiger partial charge in [-0.3, -0.25) is 4.79 Å². The van der Waals surface area contributed by atoms with Gasteiger partial charge in [-0.1, -0.05) is 19.1 Å². The molecule has 0 saturated heterocycles. The van der Waals surface area contributed by atoms with Gasteiger partial charge in [-0.15, -0.1) is 0 Å². The van der Waals surface area contributed by atoms with E-state index in [-0.39, 0.29) is 11.3 Å². The monoisotopic (exact) mass is 414 g/mol. The minimum absolute atomic E-state index is 0.101. The third kappa shape index (κ3) is 4.62. The number of para-hydroxylation sites is 1. The van der Waals surface area contributed by atoms with Crippen LogP contribution in [0.2, 0.25) is 0 Å². The summed E-state index contributed by atoms with van der Waals surface area (Å²) in [5, 5.41) is 2.67.